The second kappa shape index (κ2) is 4.80. The van der Waals surface area contributed by atoms with Gasteiger partial charge in [0, 0.05) is 7.05 Å². The van der Waals surface area contributed by atoms with Gasteiger partial charge < -0.3 is 10.5 Å². The van der Waals surface area contributed by atoms with Gasteiger partial charge in [0.15, 0.2) is 5.65 Å². The zero-order valence-electron chi connectivity index (χ0n) is 12.7. The van der Waals surface area contributed by atoms with Crippen LogP contribution in [0.25, 0.3) is 11.2 Å². The van der Waals surface area contributed by atoms with Crippen molar-refractivity contribution in [2.24, 2.45) is 7.05 Å². The Morgan fingerprint density at radius 3 is 2.52 bits per heavy atom. The van der Waals surface area contributed by atoms with Gasteiger partial charge in [-0.2, -0.15) is 5.10 Å². The summed E-state index contributed by atoms with van der Waals surface area (Å²) in [6, 6.07) is 8.04. The van der Waals surface area contributed by atoms with Crippen LogP contribution in [0.4, 0.5) is 5.95 Å². The Morgan fingerprint density at radius 2 is 1.90 bits per heavy atom. The van der Waals surface area contributed by atoms with Crippen molar-refractivity contribution < 1.29 is 4.74 Å². The Balaban J connectivity index is 2.12. The topological polar surface area (TPSA) is 70.9 Å². The summed E-state index contributed by atoms with van der Waals surface area (Å²) < 4.78 is 9.04. The van der Waals surface area contributed by atoms with E-state index in [1.54, 1.807) is 7.11 Å². The number of methoxy groups -OCH3 is 1. The van der Waals surface area contributed by atoms with E-state index < -0.39 is 0 Å². The summed E-state index contributed by atoms with van der Waals surface area (Å²) in [6.45, 7) is 4.04. The highest BCUT2D eigenvalue weighted by atomic mass is 16.5. The fourth-order valence-corrected chi connectivity index (χ4v) is 2.73. The Hall–Kier alpha value is -2.50. The number of aryl methyl sites for hydroxylation is 2. The van der Waals surface area contributed by atoms with E-state index >= 15 is 0 Å². The number of hydrogen-bond acceptors (Lipinski definition) is 4. The third-order valence-electron chi connectivity index (χ3n) is 3.85. The first-order valence-corrected chi connectivity index (χ1v) is 6.84. The van der Waals surface area contributed by atoms with Crippen molar-refractivity contribution in [2.75, 3.05) is 12.8 Å². The molecule has 1 atom stereocenters. The van der Waals surface area contributed by atoms with E-state index in [0.717, 1.165) is 28.2 Å². The summed E-state index contributed by atoms with van der Waals surface area (Å²) in [5, 5.41) is 4.41. The first-order chi connectivity index (χ1) is 10.0. The van der Waals surface area contributed by atoms with Gasteiger partial charge in [0.25, 0.3) is 0 Å². The van der Waals surface area contributed by atoms with Gasteiger partial charge in [-0.1, -0.05) is 12.1 Å². The van der Waals surface area contributed by atoms with Crippen LogP contribution in [0.15, 0.2) is 24.3 Å². The average molecular weight is 285 g/mol. The number of aromatic nitrogens is 4. The lowest BCUT2D eigenvalue weighted by Crippen LogP contribution is -2.12. The van der Waals surface area contributed by atoms with Gasteiger partial charge in [0.2, 0.25) is 5.95 Å². The minimum Gasteiger partial charge on any atom is -0.497 e. The standard InChI is InChI=1S/C15H19N5O/c1-9-13-14(19(3)18-9)20(15(16)17-13)10(2)11-5-7-12(21-4)8-6-11/h5-8,10H,1-4H3,(H2,16,17). The first kappa shape index (κ1) is 13.5. The number of fused-ring (bicyclic) bond motifs is 1. The van der Waals surface area contributed by atoms with Crippen molar-refractivity contribution in [3.05, 3.63) is 35.5 Å². The maximum Gasteiger partial charge on any atom is 0.203 e. The van der Waals surface area contributed by atoms with Crippen LogP contribution in [-0.2, 0) is 7.05 Å². The van der Waals surface area contributed by atoms with Crippen molar-refractivity contribution in [1.82, 2.24) is 19.3 Å². The van der Waals surface area contributed by atoms with E-state index in [-0.39, 0.29) is 6.04 Å². The Morgan fingerprint density at radius 1 is 1.24 bits per heavy atom. The van der Waals surface area contributed by atoms with Crippen molar-refractivity contribution in [3.8, 4) is 5.75 Å². The maximum absolute atomic E-state index is 6.12. The fraction of sp³-hybridized carbons (Fsp3) is 0.333. The van der Waals surface area contributed by atoms with Gasteiger partial charge in [-0.15, -0.1) is 0 Å². The SMILES string of the molecule is COc1ccc(C(C)n2c(N)nc3c(C)nn(C)c32)cc1. The lowest BCUT2D eigenvalue weighted by Gasteiger charge is -2.17. The normalized spacial score (nSPS) is 12.8. The molecule has 110 valence electrons. The molecule has 0 bridgehead atoms. The lowest BCUT2D eigenvalue weighted by molar-refractivity contribution is 0.414. The van der Waals surface area contributed by atoms with Gasteiger partial charge in [0.05, 0.1) is 18.8 Å². The van der Waals surface area contributed by atoms with Crippen LogP contribution >= 0.6 is 0 Å². The quantitative estimate of drug-likeness (QED) is 0.801. The fourth-order valence-electron chi connectivity index (χ4n) is 2.73. The van der Waals surface area contributed by atoms with Crippen LogP contribution in [0.3, 0.4) is 0 Å². The molecule has 2 heterocycles. The maximum atomic E-state index is 6.12. The molecule has 0 saturated heterocycles. The molecule has 3 rings (SSSR count). The highest BCUT2D eigenvalue weighted by Crippen LogP contribution is 2.29. The first-order valence-electron chi connectivity index (χ1n) is 6.84. The number of ether oxygens (including phenoxy) is 1. The third-order valence-corrected chi connectivity index (χ3v) is 3.85. The number of anilines is 1. The molecule has 0 spiro atoms. The largest absolute Gasteiger partial charge is 0.497 e. The third kappa shape index (κ3) is 2.03. The molecule has 0 radical (unpaired) electrons. The summed E-state index contributed by atoms with van der Waals surface area (Å²) in [4.78, 5) is 4.45. The molecule has 1 aromatic carbocycles. The Kier molecular flexibility index (Phi) is 3.08. The molecule has 3 aromatic rings. The molecule has 21 heavy (non-hydrogen) atoms. The molecular formula is C15H19N5O. The second-order valence-corrected chi connectivity index (χ2v) is 5.17. The van der Waals surface area contributed by atoms with E-state index in [4.69, 9.17) is 10.5 Å². The van der Waals surface area contributed by atoms with E-state index in [9.17, 15) is 0 Å². The van der Waals surface area contributed by atoms with Crippen LogP contribution in [0.2, 0.25) is 0 Å². The smallest absolute Gasteiger partial charge is 0.203 e. The van der Waals surface area contributed by atoms with Crippen LogP contribution in [0, 0.1) is 6.92 Å². The molecule has 0 amide bonds. The highest BCUT2D eigenvalue weighted by molar-refractivity contribution is 5.77. The average Bonchev–Trinajstić information content (AvgIpc) is 2.96. The van der Waals surface area contributed by atoms with E-state index in [0.29, 0.717) is 5.95 Å². The molecule has 1 unspecified atom stereocenters. The van der Waals surface area contributed by atoms with Crippen LogP contribution in [0.5, 0.6) is 5.75 Å². The molecule has 0 fully saturated rings. The van der Waals surface area contributed by atoms with Crippen molar-refractivity contribution in [3.63, 3.8) is 0 Å². The Bertz CT molecular complexity index is 785. The number of rotatable bonds is 3. The summed E-state index contributed by atoms with van der Waals surface area (Å²) >= 11 is 0. The van der Waals surface area contributed by atoms with Crippen molar-refractivity contribution in [2.45, 2.75) is 19.9 Å². The number of benzene rings is 1. The number of nitrogens with zero attached hydrogens (tertiary/aromatic N) is 4. The van der Waals surface area contributed by atoms with Crippen LogP contribution in [-0.4, -0.2) is 26.4 Å². The summed E-state index contributed by atoms with van der Waals surface area (Å²) in [5.41, 5.74) is 9.94. The number of hydrogen-bond donors (Lipinski definition) is 1. The zero-order chi connectivity index (χ0) is 15.1. The van der Waals surface area contributed by atoms with Gasteiger partial charge in [-0.25, -0.2) is 4.98 Å². The summed E-state index contributed by atoms with van der Waals surface area (Å²) in [7, 11) is 3.57. The van der Waals surface area contributed by atoms with Crippen LogP contribution < -0.4 is 10.5 Å². The molecule has 6 nitrogen and oxygen atoms in total. The Labute approximate surface area is 123 Å². The number of imidazole rings is 1. The van der Waals surface area contributed by atoms with Gasteiger partial charge in [-0.05, 0) is 31.5 Å². The van der Waals surface area contributed by atoms with Crippen molar-refractivity contribution >= 4 is 17.1 Å². The van der Waals surface area contributed by atoms with Crippen LogP contribution in [0.1, 0.15) is 24.2 Å². The molecule has 0 aliphatic carbocycles. The van der Waals surface area contributed by atoms with E-state index in [1.807, 2.05) is 47.5 Å². The van der Waals surface area contributed by atoms with E-state index in [2.05, 4.69) is 17.0 Å². The van der Waals surface area contributed by atoms with E-state index in [1.165, 1.54) is 0 Å². The molecule has 2 aromatic heterocycles. The van der Waals surface area contributed by atoms with Gasteiger partial charge in [-0.3, -0.25) is 9.25 Å². The zero-order valence-corrected chi connectivity index (χ0v) is 12.7. The minimum absolute atomic E-state index is 0.0655. The van der Waals surface area contributed by atoms with Crippen molar-refractivity contribution in [1.29, 1.82) is 0 Å². The molecule has 0 saturated carbocycles. The molecular weight excluding hydrogens is 266 g/mol. The monoisotopic (exact) mass is 285 g/mol. The summed E-state index contributed by atoms with van der Waals surface area (Å²) in [6.07, 6.45) is 0. The van der Waals surface area contributed by atoms with Gasteiger partial charge >= 0.3 is 0 Å². The van der Waals surface area contributed by atoms with Gasteiger partial charge in [0.1, 0.15) is 11.3 Å². The second-order valence-electron chi connectivity index (χ2n) is 5.17. The number of nitrogen functional groups attached to an aromatic ring is 1. The lowest BCUT2D eigenvalue weighted by atomic mass is 10.1. The number of nitrogens with two attached hydrogens (primary N) is 1. The molecule has 6 heteroatoms. The predicted octanol–water partition coefficient (Wildman–Crippen LogP) is 2.28. The molecule has 0 aliphatic heterocycles. The highest BCUT2D eigenvalue weighted by Gasteiger charge is 2.20. The summed E-state index contributed by atoms with van der Waals surface area (Å²) in [5.74, 6) is 1.34. The predicted molar refractivity (Wildman–Crippen MR) is 82.5 cm³/mol. The molecule has 0 aliphatic rings. The molecule has 2 N–H and O–H groups in total. The minimum atomic E-state index is 0.0655.